The van der Waals surface area contributed by atoms with Crippen molar-refractivity contribution in [3.8, 4) is 6.07 Å². The van der Waals surface area contributed by atoms with E-state index in [4.69, 9.17) is 10.4 Å². The molecule has 5 nitrogen and oxygen atoms in total. The van der Waals surface area contributed by atoms with Gasteiger partial charge in [-0.2, -0.15) is 5.26 Å². The van der Waals surface area contributed by atoms with Crippen LogP contribution in [0.5, 0.6) is 0 Å². The third-order valence-electron chi connectivity index (χ3n) is 2.55. The molecule has 0 saturated heterocycles. The first kappa shape index (κ1) is 13.7. The molecule has 0 aliphatic heterocycles. The molecule has 0 fully saturated rings. The number of aliphatic carboxylic acids is 1. The minimum atomic E-state index is -0.944. The van der Waals surface area contributed by atoms with Crippen molar-refractivity contribution in [3.63, 3.8) is 0 Å². The summed E-state index contributed by atoms with van der Waals surface area (Å²) in [5.41, 5.74) is 0.787. The lowest BCUT2D eigenvalue weighted by Gasteiger charge is -2.19. The van der Waals surface area contributed by atoms with Gasteiger partial charge in [0.05, 0.1) is 17.6 Å². The van der Waals surface area contributed by atoms with Crippen LogP contribution in [0.2, 0.25) is 0 Å². The molecule has 0 spiro atoms. The van der Waals surface area contributed by atoms with Gasteiger partial charge in [0.25, 0.3) is 5.91 Å². The van der Waals surface area contributed by atoms with Gasteiger partial charge in [-0.3, -0.25) is 9.59 Å². The first-order chi connectivity index (χ1) is 8.45. The summed E-state index contributed by atoms with van der Waals surface area (Å²) >= 11 is 0. The Morgan fingerprint density at radius 1 is 1.50 bits per heavy atom. The Kier molecular flexibility index (Phi) is 4.44. The van der Waals surface area contributed by atoms with Crippen LogP contribution in [0, 0.1) is 17.2 Å². The number of nitrogens with zero attached hydrogens (tertiary/aromatic N) is 2. The predicted molar refractivity (Wildman–Crippen MR) is 64.9 cm³/mol. The molecule has 0 aliphatic carbocycles. The lowest BCUT2D eigenvalue weighted by Crippen LogP contribution is -2.33. The highest BCUT2D eigenvalue weighted by Crippen LogP contribution is 2.08. The number of carbonyl (C=O) groups is 2. The Bertz CT molecular complexity index is 505. The zero-order valence-corrected chi connectivity index (χ0v) is 10.3. The van der Waals surface area contributed by atoms with Crippen molar-refractivity contribution in [2.75, 3.05) is 13.6 Å². The average molecular weight is 246 g/mol. The Balaban J connectivity index is 2.80. The Morgan fingerprint density at radius 2 is 2.17 bits per heavy atom. The summed E-state index contributed by atoms with van der Waals surface area (Å²) in [6.07, 6.45) is 0. The monoisotopic (exact) mass is 246 g/mol. The molecule has 0 aliphatic rings. The van der Waals surface area contributed by atoms with Crippen LogP contribution in [0.1, 0.15) is 22.8 Å². The maximum absolute atomic E-state index is 12.0. The predicted octanol–water partition coefficient (Wildman–Crippen LogP) is 1.35. The van der Waals surface area contributed by atoms with Crippen molar-refractivity contribution in [3.05, 3.63) is 35.4 Å². The van der Waals surface area contributed by atoms with E-state index in [9.17, 15) is 9.59 Å². The van der Waals surface area contributed by atoms with Gasteiger partial charge in [0.2, 0.25) is 0 Å². The van der Waals surface area contributed by atoms with E-state index < -0.39 is 11.9 Å². The summed E-state index contributed by atoms with van der Waals surface area (Å²) in [5.74, 6) is -1.86. The molecule has 18 heavy (non-hydrogen) atoms. The second kappa shape index (κ2) is 5.82. The van der Waals surface area contributed by atoms with Crippen LogP contribution in [-0.4, -0.2) is 35.5 Å². The van der Waals surface area contributed by atoms with Crippen molar-refractivity contribution in [2.24, 2.45) is 5.92 Å². The first-order valence-electron chi connectivity index (χ1n) is 5.44. The topological polar surface area (TPSA) is 81.4 Å². The van der Waals surface area contributed by atoms with Crippen molar-refractivity contribution in [1.82, 2.24) is 4.90 Å². The Morgan fingerprint density at radius 3 is 2.72 bits per heavy atom. The maximum Gasteiger partial charge on any atom is 0.308 e. The Hall–Kier alpha value is -2.35. The van der Waals surface area contributed by atoms with E-state index in [-0.39, 0.29) is 12.5 Å². The number of amides is 1. The number of carbonyl (C=O) groups excluding carboxylic acids is 1. The minimum absolute atomic E-state index is 0.130. The molecule has 0 radical (unpaired) electrons. The lowest BCUT2D eigenvalue weighted by molar-refractivity contribution is -0.141. The second-order valence-electron chi connectivity index (χ2n) is 4.12. The third kappa shape index (κ3) is 3.32. The number of carboxylic acids is 1. The normalized spacial score (nSPS) is 11.4. The third-order valence-corrected chi connectivity index (χ3v) is 2.55. The molecule has 1 amide bonds. The fourth-order valence-corrected chi connectivity index (χ4v) is 1.51. The van der Waals surface area contributed by atoms with Crippen molar-refractivity contribution in [2.45, 2.75) is 6.92 Å². The van der Waals surface area contributed by atoms with Crippen LogP contribution in [0.15, 0.2) is 24.3 Å². The van der Waals surface area contributed by atoms with E-state index in [0.29, 0.717) is 11.1 Å². The SMILES string of the molecule is CC(CN(C)C(=O)c1cccc(C#N)c1)C(=O)O. The van der Waals surface area contributed by atoms with Gasteiger partial charge >= 0.3 is 5.97 Å². The molecule has 1 rings (SSSR count). The van der Waals surface area contributed by atoms with E-state index in [1.807, 2.05) is 6.07 Å². The summed E-state index contributed by atoms with van der Waals surface area (Å²) in [6, 6.07) is 8.28. The summed E-state index contributed by atoms with van der Waals surface area (Å²) in [5, 5.41) is 17.5. The average Bonchev–Trinajstić information content (AvgIpc) is 2.37. The fourth-order valence-electron chi connectivity index (χ4n) is 1.51. The van der Waals surface area contributed by atoms with Crippen LogP contribution in [0.25, 0.3) is 0 Å². The summed E-state index contributed by atoms with van der Waals surface area (Å²) in [6.45, 7) is 1.67. The molecule has 5 heteroatoms. The van der Waals surface area contributed by atoms with Gasteiger partial charge in [-0.25, -0.2) is 0 Å². The first-order valence-corrected chi connectivity index (χ1v) is 5.44. The minimum Gasteiger partial charge on any atom is -0.481 e. The smallest absolute Gasteiger partial charge is 0.308 e. The van der Waals surface area contributed by atoms with Crippen LogP contribution in [0.4, 0.5) is 0 Å². The molecule has 0 bridgehead atoms. The molecule has 0 aromatic heterocycles. The highest BCUT2D eigenvalue weighted by atomic mass is 16.4. The molecule has 0 saturated carbocycles. The van der Waals surface area contributed by atoms with Crippen LogP contribution in [0.3, 0.4) is 0 Å². The maximum atomic E-state index is 12.0. The molecule has 0 heterocycles. The standard InChI is InChI=1S/C13H14N2O3/c1-9(13(17)18)8-15(2)12(16)11-5-3-4-10(6-11)7-14/h3-6,9H,8H2,1-2H3,(H,17,18). The van der Waals surface area contributed by atoms with E-state index in [1.165, 1.54) is 17.9 Å². The van der Waals surface area contributed by atoms with Crippen LogP contribution in [-0.2, 0) is 4.79 Å². The van der Waals surface area contributed by atoms with Gasteiger partial charge in [-0.05, 0) is 18.2 Å². The molecule has 1 aromatic rings. The van der Waals surface area contributed by atoms with Crippen molar-refractivity contribution >= 4 is 11.9 Å². The number of hydrogen-bond acceptors (Lipinski definition) is 3. The molecular formula is C13H14N2O3. The van der Waals surface area contributed by atoms with Crippen LogP contribution < -0.4 is 0 Å². The van der Waals surface area contributed by atoms with Crippen molar-refractivity contribution in [1.29, 1.82) is 5.26 Å². The van der Waals surface area contributed by atoms with E-state index >= 15 is 0 Å². The molecular weight excluding hydrogens is 232 g/mol. The van der Waals surface area contributed by atoms with Gasteiger partial charge < -0.3 is 10.0 Å². The fraction of sp³-hybridized carbons (Fsp3) is 0.308. The van der Waals surface area contributed by atoms with E-state index in [1.54, 1.807) is 25.2 Å². The number of rotatable bonds is 4. The van der Waals surface area contributed by atoms with E-state index in [0.717, 1.165) is 0 Å². The van der Waals surface area contributed by atoms with Gasteiger partial charge in [0.1, 0.15) is 0 Å². The number of nitriles is 1. The van der Waals surface area contributed by atoms with Gasteiger partial charge in [-0.1, -0.05) is 13.0 Å². The van der Waals surface area contributed by atoms with Gasteiger partial charge in [0.15, 0.2) is 0 Å². The molecule has 1 N–H and O–H groups in total. The lowest BCUT2D eigenvalue weighted by atomic mass is 10.1. The number of hydrogen-bond donors (Lipinski definition) is 1. The molecule has 94 valence electrons. The van der Waals surface area contributed by atoms with Crippen molar-refractivity contribution < 1.29 is 14.7 Å². The number of benzene rings is 1. The molecule has 1 unspecified atom stereocenters. The van der Waals surface area contributed by atoms with Gasteiger partial charge in [0, 0.05) is 19.2 Å². The second-order valence-corrected chi connectivity index (χ2v) is 4.12. The summed E-state index contributed by atoms with van der Waals surface area (Å²) in [7, 11) is 1.54. The summed E-state index contributed by atoms with van der Waals surface area (Å²) in [4.78, 5) is 24.1. The van der Waals surface area contributed by atoms with Gasteiger partial charge in [-0.15, -0.1) is 0 Å². The zero-order chi connectivity index (χ0) is 13.7. The largest absolute Gasteiger partial charge is 0.481 e. The molecule has 1 atom stereocenters. The highest BCUT2D eigenvalue weighted by molar-refractivity contribution is 5.94. The van der Waals surface area contributed by atoms with Crippen LogP contribution >= 0.6 is 0 Å². The Labute approximate surface area is 105 Å². The number of carboxylic acid groups (broad SMARTS) is 1. The zero-order valence-electron chi connectivity index (χ0n) is 10.3. The quantitative estimate of drug-likeness (QED) is 0.869. The van der Waals surface area contributed by atoms with E-state index in [2.05, 4.69) is 0 Å². The highest BCUT2D eigenvalue weighted by Gasteiger charge is 2.18. The summed E-state index contributed by atoms with van der Waals surface area (Å²) < 4.78 is 0. The molecule has 1 aromatic carbocycles.